The summed E-state index contributed by atoms with van der Waals surface area (Å²) in [4.78, 5) is 31.9. The maximum absolute atomic E-state index is 13.4. The van der Waals surface area contributed by atoms with E-state index in [9.17, 15) is 4.79 Å². The molecule has 6 rings (SSSR count). The summed E-state index contributed by atoms with van der Waals surface area (Å²) in [5, 5.41) is 4.62. The van der Waals surface area contributed by atoms with Crippen molar-refractivity contribution in [1.29, 1.82) is 0 Å². The van der Waals surface area contributed by atoms with Gasteiger partial charge in [-0.2, -0.15) is 9.50 Å². The first-order valence-electron chi connectivity index (χ1n) is 12.0. The molecule has 9 heteroatoms. The van der Waals surface area contributed by atoms with E-state index in [0.717, 1.165) is 42.8 Å². The Balaban J connectivity index is 1.36. The second-order valence-electron chi connectivity index (χ2n) is 9.13. The summed E-state index contributed by atoms with van der Waals surface area (Å²) >= 11 is 0. The van der Waals surface area contributed by atoms with E-state index in [-0.39, 0.29) is 5.56 Å². The summed E-state index contributed by atoms with van der Waals surface area (Å²) in [5.41, 5.74) is 5.16. The molecule has 1 fully saturated rings. The number of benzene rings is 2. The molecule has 3 aromatic heterocycles. The number of nitrogens with zero attached hydrogens (tertiary/aromatic N) is 7. The zero-order chi connectivity index (χ0) is 24.1. The first-order chi connectivity index (χ1) is 17.0. The zero-order valence-corrected chi connectivity index (χ0v) is 20.2. The van der Waals surface area contributed by atoms with Gasteiger partial charge in [0.1, 0.15) is 5.39 Å². The van der Waals surface area contributed by atoms with Crippen LogP contribution in [0.4, 0.5) is 17.3 Å². The quantitative estimate of drug-likeness (QED) is 0.433. The van der Waals surface area contributed by atoms with Crippen LogP contribution in [-0.4, -0.2) is 62.3 Å². The SMILES string of the molecule is CCn1c2ccccc2c2nc3nc(Nc4ccc(N5CCN(C)CC5)c(C)c4)ncc3c(=O)n21. The van der Waals surface area contributed by atoms with Crippen LogP contribution in [0, 0.1) is 6.92 Å². The molecule has 0 amide bonds. The van der Waals surface area contributed by atoms with Crippen LogP contribution in [-0.2, 0) is 6.54 Å². The van der Waals surface area contributed by atoms with Gasteiger partial charge in [-0.15, -0.1) is 0 Å². The van der Waals surface area contributed by atoms with Gasteiger partial charge in [-0.1, -0.05) is 12.1 Å². The molecule has 2 aromatic carbocycles. The molecule has 0 radical (unpaired) electrons. The van der Waals surface area contributed by atoms with E-state index in [1.165, 1.54) is 11.3 Å². The van der Waals surface area contributed by atoms with Gasteiger partial charge in [-0.25, -0.2) is 9.97 Å². The Kier molecular flexibility index (Phi) is 5.14. The molecule has 9 nitrogen and oxygen atoms in total. The highest BCUT2D eigenvalue weighted by atomic mass is 16.1. The van der Waals surface area contributed by atoms with Crippen LogP contribution >= 0.6 is 0 Å². The normalized spacial score (nSPS) is 14.9. The number of piperazine rings is 1. The zero-order valence-electron chi connectivity index (χ0n) is 20.2. The largest absolute Gasteiger partial charge is 0.369 e. The number of likely N-dealkylation sites (N-methyl/N-ethyl adjacent to an activating group) is 1. The number of aromatic nitrogens is 5. The lowest BCUT2D eigenvalue weighted by Gasteiger charge is -2.35. The van der Waals surface area contributed by atoms with E-state index >= 15 is 0 Å². The Morgan fingerprint density at radius 2 is 1.80 bits per heavy atom. The van der Waals surface area contributed by atoms with Crippen molar-refractivity contribution in [3.8, 4) is 0 Å². The third kappa shape index (κ3) is 3.59. The minimum absolute atomic E-state index is 0.165. The molecule has 35 heavy (non-hydrogen) atoms. The molecule has 0 unspecified atom stereocenters. The number of anilines is 3. The summed E-state index contributed by atoms with van der Waals surface area (Å²) in [6.07, 6.45) is 1.57. The molecule has 0 atom stereocenters. The molecule has 1 aliphatic heterocycles. The van der Waals surface area contributed by atoms with Crippen LogP contribution < -0.4 is 15.8 Å². The predicted molar refractivity (Wildman–Crippen MR) is 140 cm³/mol. The van der Waals surface area contributed by atoms with E-state index < -0.39 is 0 Å². The number of aryl methyl sites for hydroxylation is 2. The molecule has 0 bridgehead atoms. The highest BCUT2D eigenvalue weighted by molar-refractivity contribution is 5.94. The molecular weight excluding hydrogens is 440 g/mol. The highest BCUT2D eigenvalue weighted by Gasteiger charge is 2.18. The van der Waals surface area contributed by atoms with Crippen molar-refractivity contribution >= 4 is 44.9 Å². The molecule has 5 aromatic rings. The van der Waals surface area contributed by atoms with Crippen LogP contribution in [0.2, 0.25) is 0 Å². The molecule has 0 aliphatic carbocycles. The van der Waals surface area contributed by atoms with Gasteiger partial charge in [-0.05, 0) is 56.8 Å². The molecule has 1 N–H and O–H groups in total. The van der Waals surface area contributed by atoms with Crippen LogP contribution in [0.5, 0.6) is 0 Å². The van der Waals surface area contributed by atoms with Crippen molar-refractivity contribution in [2.24, 2.45) is 0 Å². The van der Waals surface area contributed by atoms with Crippen LogP contribution in [0.1, 0.15) is 12.5 Å². The van der Waals surface area contributed by atoms with Crippen molar-refractivity contribution in [3.05, 3.63) is 64.6 Å². The highest BCUT2D eigenvalue weighted by Crippen LogP contribution is 2.26. The fraction of sp³-hybridized carbons (Fsp3) is 0.308. The lowest BCUT2D eigenvalue weighted by Crippen LogP contribution is -2.44. The van der Waals surface area contributed by atoms with Gasteiger partial charge in [0.15, 0.2) is 11.3 Å². The Labute approximate surface area is 202 Å². The van der Waals surface area contributed by atoms with Crippen LogP contribution in [0.25, 0.3) is 27.6 Å². The number of nitrogens with one attached hydrogen (secondary N) is 1. The van der Waals surface area contributed by atoms with E-state index in [1.54, 1.807) is 10.7 Å². The summed E-state index contributed by atoms with van der Waals surface area (Å²) in [6, 6.07) is 14.2. The first-order valence-corrected chi connectivity index (χ1v) is 12.0. The monoisotopic (exact) mass is 468 g/mol. The van der Waals surface area contributed by atoms with Gasteiger partial charge in [-0.3, -0.25) is 9.48 Å². The summed E-state index contributed by atoms with van der Waals surface area (Å²) < 4.78 is 3.57. The predicted octanol–water partition coefficient (Wildman–Crippen LogP) is 3.42. The van der Waals surface area contributed by atoms with E-state index in [1.807, 2.05) is 35.9 Å². The standard InChI is InChI=1S/C26H28N8O/c1-4-33-22-8-6-5-7-19(22)24-29-23-20(25(35)34(24)33)16-27-26(30-23)28-18-9-10-21(17(2)15-18)32-13-11-31(3)12-14-32/h5-10,15-16H,4,11-14H2,1-3H3,(H,27,28,30). The first kappa shape index (κ1) is 21.5. The summed E-state index contributed by atoms with van der Waals surface area (Å²) in [5.74, 6) is 0.416. The number of hydrogen-bond acceptors (Lipinski definition) is 7. The van der Waals surface area contributed by atoms with Gasteiger partial charge in [0.2, 0.25) is 5.95 Å². The average Bonchev–Trinajstić information content (AvgIpc) is 3.19. The van der Waals surface area contributed by atoms with Crippen LogP contribution in [0.15, 0.2) is 53.5 Å². The van der Waals surface area contributed by atoms with Crippen molar-refractivity contribution < 1.29 is 0 Å². The summed E-state index contributed by atoms with van der Waals surface area (Å²) in [6.45, 7) is 9.00. The van der Waals surface area contributed by atoms with Gasteiger partial charge < -0.3 is 15.1 Å². The molecule has 178 valence electrons. The fourth-order valence-corrected chi connectivity index (χ4v) is 5.00. The van der Waals surface area contributed by atoms with Crippen LogP contribution in [0.3, 0.4) is 0 Å². The van der Waals surface area contributed by atoms with Crippen molar-refractivity contribution in [3.63, 3.8) is 0 Å². The summed E-state index contributed by atoms with van der Waals surface area (Å²) in [7, 11) is 2.16. The Bertz CT molecular complexity index is 1630. The number of hydrogen-bond donors (Lipinski definition) is 1. The van der Waals surface area contributed by atoms with E-state index in [4.69, 9.17) is 4.98 Å². The lowest BCUT2D eigenvalue weighted by molar-refractivity contribution is 0.312. The Morgan fingerprint density at radius 1 is 1.00 bits per heavy atom. The third-order valence-corrected chi connectivity index (χ3v) is 6.86. The number of para-hydroxylation sites is 1. The van der Waals surface area contributed by atoms with Crippen molar-refractivity contribution in [2.45, 2.75) is 20.4 Å². The average molecular weight is 469 g/mol. The van der Waals surface area contributed by atoms with Gasteiger partial charge in [0.25, 0.3) is 5.56 Å². The number of fused-ring (bicyclic) bond motifs is 4. The molecule has 1 aliphatic rings. The Hall–Kier alpha value is -3.98. The second-order valence-corrected chi connectivity index (χ2v) is 9.13. The fourth-order valence-electron chi connectivity index (χ4n) is 5.00. The molecule has 0 saturated carbocycles. The van der Waals surface area contributed by atoms with E-state index in [2.05, 4.69) is 57.3 Å². The molecule has 0 spiro atoms. The molecule has 4 heterocycles. The van der Waals surface area contributed by atoms with Gasteiger partial charge in [0.05, 0.1) is 5.52 Å². The maximum atomic E-state index is 13.4. The number of rotatable bonds is 4. The topological polar surface area (TPSA) is 83.6 Å². The second kappa shape index (κ2) is 8.35. The smallest absolute Gasteiger partial charge is 0.283 e. The van der Waals surface area contributed by atoms with Gasteiger partial charge >= 0.3 is 0 Å². The maximum Gasteiger partial charge on any atom is 0.283 e. The minimum Gasteiger partial charge on any atom is -0.369 e. The van der Waals surface area contributed by atoms with Gasteiger partial charge in [0, 0.05) is 55.7 Å². The third-order valence-electron chi connectivity index (χ3n) is 6.86. The van der Waals surface area contributed by atoms with Crippen molar-refractivity contribution in [1.82, 2.24) is 29.0 Å². The minimum atomic E-state index is -0.165. The molecular formula is C26H28N8O. The molecule has 1 saturated heterocycles. The van der Waals surface area contributed by atoms with E-state index in [0.29, 0.717) is 29.2 Å². The lowest BCUT2D eigenvalue weighted by atomic mass is 10.1. The van der Waals surface area contributed by atoms with Crippen molar-refractivity contribution in [2.75, 3.05) is 43.4 Å². The Morgan fingerprint density at radius 3 is 2.57 bits per heavy atom.